The molecule has 2 rings (SSSR count). The summed E-state index contributed by atoms with van der Waals surface area (Å²) in [7, 11) is 1.83. The van der Waals surface area contributed by atoms with Crippen molar-refractivity contribution in [2.45, 2.75) is 18.8 Å². The molecule has 0 aromatic carbocycles. The zero-order valence-electron chi connectivity index (χ0n) is 7.12. The van der Waals surface area contributed by atoms with Gasteiger partial charge >= 0.3 is 5.97 Å². The van der Waals surface area contributed by atoms with Crippen LogP contribution < -0.4 is 0 Å². The fourth-order valence-electron chi connectivity index (χ4n) is 1.34. The zero-order valence-corrected chi connectivity index (χ0v) is 8.71. The first-order chi connectivity index (χ1) is 6.11. The van der Waals surface area contributed by atoms with Crippen molar-refractivity contribution in [1.82, 2.24) is 9.55 Å². The van der Waals surface area contributed by atoms with E-state index in [9.17, 15) is 4.79 Å². The first-order valence-electron chi connectivity index (χ1n) is 4.06. The van der Waals surface area contributed by atoms with E-state index in [2.05, 4.69) is 20.9 Å². The van der Waals surface area contributed by atoms with Crippen LogP contribution in [0.2, 0.25) is 0 Å². The predicted octanol–water partition coefficient (Wildman–Crippen LogP) is 1.76. The van der Waals surface area contributed by atoms with E-state index in [-0.39, 0.29) is 5.69 Å². The lowest BCUT2D eigenvalue weighted by Gasteiger charge is -1.97. The normalized spacial score (nSPS) is 16.2. The number of hydrogen-bond donors (Lipinski definition) is 1. The summed E-state index contributed by atoms with van der Waals surface area (Å²) in [4.78, 5) is 14.8. The molecule has 4 nitrogen and oxygen atoms in total. The van der Waals surface area contributed by atoms with E-state index >= 15 is 0 Å². The van der Waals surface area contributed by atoms with Crippen molar-refractivity contribution < 1.29 is 9.90 Å². The van der Waals surface area contributed by atoms with Crippen molar-refractivity contribution in [2.24, 2.45) is 7.05 Å². The van der Waals surface area contributed by atoms with Crippen molar-refractivity contribution in [3.63, 3.8) is 0 Å². The Morgan fingerprint density at radius 3 is 2.69 bits per heavy atom. The van der Waals surface area contributed by atoms with Crippen LogP contribution in [0.4, 0.5) is 0 Å². The lowest BCUT2D eigenvalue weighted by Crippen LogP contribution is -1.97. The van der Waals surface area contributed by atoms with Gasteiger partial charge in [-0.05, 0) is 28.8 Å². The molecule has 0 unspecified atom stereocenters. The Kier molecular flexibility index (Phi) is 1.91. The Hall–Kier alpha value is -0.840. The molecule has 1 aromatic rings. The number of nitrogens with zero attached hydrogens (tertiary/aromatic N) is 2. The van der Waals surface area contributed by atoms with Crippen molar-refractivity contribution >= 4 is 21.9 Å². The Balaban J connectivity index is 2.48. The van der Waals surface area contributed by atoms with E-state index in [4.69, 9.17) is 5.11 Å². The fraction of sp³-hybridized carbons (Fsp3) is 0.500. The number of rotatable bonds is 2. The molecule has 1 aliphatic rings. The number of carboxylic acid groups (broad SMARTS) is 1. The molecule has 1 aliphatic carbocycles. The Bertz CT molecular complexity index is 368. The molecule has 0 radical (unpaired) electrons. The summed E-state index contributed by atoms with van der Waals surface area (Å²) in [5, 5.41) is 8.80. The van der Waals surface area contributed by atoms with Crippen molar-refractivity contribution in [3.8, 4) is 0 Å². The van der Waals surface area contributed by atoms with Crippen LogP contribution in [0.15, 0.2) is 4.60 Å². The molecule has 1 aromatic heterocycles. The van der Waals surface area contributed by atoms with Crippen LogP contribution in [0.5, 0.6) is 0 Å². The summed E-state index contributed by atoms with van der Waals surface area (Å²) in [6.07, 6.45) is 2.24. The fourth-order valence-corrected chi connectivity index (χ4v) is 1.78. The molecule has 5 heteroatoms. The molecular weight excluding hydrogens is 236 g/mol. The van der Waals surface area contributed by atoms with E-state index in [1.807, 2.05) is 7.05 Å². The molecule has 0 aliphatic heterocycles. The number of imidazole rings is 1. The predicted molar refractivity (Wildman–Crippen MR) is 49.8 cm³/mol. The average Bonchev–Trinajstić information content (AvgIpc) is 2.83. The molecular formula is C8H9BrN2O2. The van der Waals surface area contributed by atoms with Crippen LogP contribution in [-0.4, -0.2) is 20.6 Å². The first-order valence-corrected chi connectivity index (χ1v) is 4.86. The van der Waals surface area contributed by atoms with Gasteiger partial charge in [-0.25, -0.2) is 9.78 Å². The standard InChI is InChI=1S/C8H9BrN2O2/c1-11-6(9)5(8(12)13)10-7(11)4-2-3-4/h4H,2-3H2,1H3,(H,12,13). The van der Waals surface area contributed by atoms with Crippen LogP contribution in [-0.2, 0) is 7.05 Å². The molecule has 0 saturated heterocycles. The maximum Gasteiger partial charge on any atom is 0.357 e. The quantitative estimate of drug-likeness (QED) is 0.863. The molecule has 0 atom stereocenters. The van der Waals surface area contributed by atoms with Crippen molar-refractivity contribution in [2.75, 3.05) is 0 Å². The molecule has 1 heterocycles. The van der Waals surface area contributed by atoms with Gasteiger partial charge in [-0.15, -0.1) is 0 Å². The van der Waals surface area contributed by atoms with Crippen LogP contribution in [0, 0.1) is 0 Å². The van der Waals surface area contributed by atoms with Gasteiger partial charge in [-0.2, -0.15) is 0 Å². The van der Waals surface area contributed by atoms with Crippen LogP contribution >= 0.6 is 15.9 Å². The number of halogens is 1. The highest BCUT2D eigenvalue weighted by Crippen LogP contribution is 2.40. The Labute approximate surface area is 83.7 Å². The van der Waals surface area contributed by atoms with E-state index < -0.39 is 5.97 Å². The number of hydrogen-bond acceptors (Lipinski definition) is 2. The third kappa shape index (κ3) is 1.37. The summed E-state index contributed by atoms with van der Waals surface area (Å²) < 4.78 is 2.36. The second-order valence-electron chi connectivity index (χ2n) is 3.25. The van der Waals surface area contributed by atoms with Crippen LogP contribution in [0.25, 0.3) is 0 Å². The lowest BCUT2D eigenvalue weighted by atomic mass is 10.4. The van der Waals surface area contributed by atoms with Crippen molar-refractivity contribution in [3.05, 3.63) is 16.1 Å². The maximum absolute atomic E-state index is 10.7. The number of carbonyl (C=O) groups is 1. The summed E-state index contributed by atoms with van der Waals surface area (Å²) >= 11 is 3.22. The average molecular weight is 245 g/mol. The van der Waals surface area contributed by atoms with Crippen LogP contribution in [0.3, 0.4) is 0 Å². The second-order valence-corrected chi connectivity index (χ2v) is 4.00. The van der Waals surface area contributed by atoms with Gasteiger partial charge in [-0.3, -0.25) is 0 Å². The van der Waals surface area contributed by atoms with Gasteiger partial charge in [0.15, 0.2) is 5.69 Å². The molecule has 70 valence electrons. The number of aromatic nitrogens is 2. The zero-order chi connectivity index (χ0) is 9.59. The summed E-state index contributed by atoms with van der Waals surface area (Å²) in [6.45, 7) is 0. The summed E-state index contributed by atoms with van der Waals surface area (Å²) in [5.74, 6) is 0.369. The lowest BCUT2D eigenvalue weighted by molar-refractivity contribution is 0.0689. The molecule has 0 spiro atoms. The molecule has 1 fully saturated rings. The Morgan fingerprint density at radius 2 is 2.31 bits per heavy atom. The highest BCUT2D eigenvalue weighted by molar-refractivity contribution is 9.10. The monoisotopic (exact) mass is 244 g/mol. The third-order valence-corrected chi connectivity index (χ3v) is 3.11. The highest BCUT2D eigenvalue weighted by Gasteiger charge is 2.30. The van der Waals surface area contributed by atoms with Gasteiger partial charge in [0.05, 0.1) is 0 Å². The van der Waals surface area contributed by atoms with Crippen molar-refractivity contribution in [1.29, 1.82) is 0 Å². The van der Waals surface area contributed by atoms with E-state index in [0.717, 1.165) is 18.7 Å². The SMILES string of the molecule is Cn1c(C2CC2)nc(C(=O)O)c1Br. The smallest absolute Gasteiger partial charge is 0.357 e. The molecule has 1 saturated carbocycles. The van der Waals surface area contributed by atoms with E-state index in [1.165, 1.54) is 0 Å². The second kappa shape index (κ2) is 2.83. The van der Waals surface area contributed by atoms with Gasteiger partial charge < -0.3 is 9.67 Å². The third-order valence-electron chi connectivity index (χ3n) is 2.20. The van der Waals surface area contributed by atoms with E-state index in [0.29, 0.717) is 10.5 Å². The summed E-state index contributed by atoms with van der Waals surface area (Å²) in [5.41, 5.74) is 0.115. The number of aromatic carboxylic acids is 1. The largest absolute Gasteiger partial charge is 0.476 e. The van der Waals surface area contributed by atoms with Gasteiger partial charge in [0.2, 0.25) is 0 Å². The van der Waals surface area contributed by atoms with Gasteiger partial charge in [0, 0.05) is 13.0 Å². The minimum atomic E-state index is -0.977. The van der Waals surface area contributed by atoms with Crippen LogP contribution in [0.1, 0.15) is 35.1 Å². The van der Waals surface area contributed by atoms with Gasteiger partial charge in [-0.1, -0.05) is 0 Å². The number of carboxylic acids is 1. The maximum atomic E-state index is 10.7. The topological polar surface area (TPSA) is 55.1 Å². The molecule has 13 heavy (non-hydrogen) atoms. The molecule has 1 N–H and O–H groups in total. The minimum absolute atomic E-state index is 0.115. The first kappa shape index (κ1) is 8.74. The Morgan fingerprint density at radius 1 is 1.69 bits per heavy atom. The molecule has 0 bridgehead atoms. The summed E-state index contributed by atoms with van der Waals surface area (Å²) in [6, 6.07) is 0. The minimum Gasteiger partial charge on any atom is -0.476 e. The van der Waals surface area contributed by atoms with Gasteiger partial charge in [0.25, 0.3) is 0 Å². The van der Waals surface area contributed by atoms with E-state index in [1.54, 1.807) is 4.57 Å². The van der Waals surface area contributed by atoms with Gasteiger partial charge in [0.1, 0.15) is 10.4 Å². The molecule has 0 amide bonds. The highest BCUT2D eigenvalue weighted by atomic mass is 79.9.